The lowest BCUT2D eigenvalue weighted by atomic mass is 9.77. The Hall–Kier alpha value is -0.0800. The molecule has 0 aromatic rings. The Balaban J connectivity index is 2.34. The molecule has 1 saturated carbocycles. The minimum Gasteiger partial charge on any atom is -0.329 e. The van der Waals surface area contributed by atoms with Gasteiger partial charge in [0.05, 0.1) is 0 Å². The molecule has 0 aliphatic heterocycles. The molecule has 0 bridgehead atoms. The molecule has 0 saturated heterocycles. The fourth-order valence-electron chi connectivity index (χ4n) is 2.28. The van der Waals surface area contributed by atoms with E-state index in [1.54, 1.807) is 0 Å². The van der Waals surface area contributed by atoms with Crippen molar-refractivity contribution < 1.29 is 0 Å². The lowest BCUT2D eigenvalue weighted by Gasteiger charge is -2.31. The lowest BCUT2D eigenvalue weighted by Crippen LogP contribution is -2.39. The highest BCUT2D eigenvalue weighted by molar-refractivity contribution is 4.80. The molecule has 3 atom stereocenters. The largest absolute Gasteiger partial charge is 0.329 e. The van der Waals surface area contributed by atoms with Gasteiger partial charge in [-0.25, -0.2) is 0 Å². The Labute approximate surface area is 75.7 Å². The highest BCUT2D eigenvalue weighted by Gasteiger charge is 2.24. The first-order chi connectivity index (χ1) is 5.77. The Morgan fingerprint density at radius 2 is 2.17 bits per heavy atom. The quantitative estimate of drug-likeness (QED) is 0.674. The molecule has 0 radical (unpaired) electrons. The predicted octanol–water partition coefficient (Wildman–Crippen LogP) is 1.49. The van der Waals surface area contributed by atoms with Gasteiger partial charge in [0.15, 0.2) is 0 Å². The lowest BCUT2D eigenvalue weighted by molar-refractivity contribution is 0.231. The van der Waals surface area contributed by atoms with Crippen molar-refractivity contribution in [1.29, 1.82) is 0 Å². The third-order valence-corrected chi connectivity index (χ3v) is 3.28. The Morgan fingerprint density at radius 1 is 1.42 bits per heavy atom. The third kappa shape index (κ3) is 2.46. The molecule has 1 fully saturated rings. The third-order valence-electron chi connectivity index (χ3n) is 3.28. The highest BCUT2D eigenvalue weighted by Crippen LogP contribution is 2.31. The van der Waals surface area contributed by atoms with E-state index in [1.165, 1.54) is 32.1 Å². The van der Waals surface area contributed by atoms with E-state index >= 15 is 0 Å². The fraction of sp³-hybridized carbons (Fsp3) is 1.00. The molecule has 0 heterocycles. The van der Waals surface area contributed by atoms with E-state index in [0.29, 0.717) is 12.5 Å². The van der Waals surface area contributed by atoms with Crippen LogP contribution in [0.3, 0.4) is 0 Å². The monoisotopic (exact) mass is 170 g/mol. The van der Waals surface area contributed by atoms with Crippen LogP contribution in [0.2, 0.25) is 0 Å². The van der Waals surface area contributed by atoms with Crippen LogP contribution in [-0.2, 0) is 0 Å². The standard InChI is InChI=1S/C10H22N2/c1-2-8-4-3-5-9(6-8)10(12)7-11/h8-10H,2-7,11-12H2,1H3. The smallest absolute Gasteiger partial charge is 0.0191 e. The zero-order valence-corrected chi connectivity index (χ0v) is 8.13. The van der Waals surface area contributed by atoms with Crippen LogP contribution in [0.25, 0.3) is 0 Å². The second-order valence-electron chi connectivity index (χ2n) is 4.10. The molecule has 1 aliphatic rings. The fourth-order valence-corrected chi connectivity index (χ4v) is 2.28. The Morgan fingerprint density at radius 3 is 2.75 bits per heavy atom. The van der Waals surface area contributed by atoms with Gasteiger partial charge in [-0.05, 0) is 24.7 Å². The molecule has 72 valence electrons. The van der Waals surface area contributed by atoms with Gasteiger partial charge in [0.25, 0.3) is 0 Å². The first-order valence-electron chi connectivity index (χ1n) is 5.23. The van der Waals surface area contributed by atoms with Gasteiger partial charge in [-0.3, -0.25) is 0 Å². The van der Waals surface area contributed by atoms with E-state index in [0.717, 1.165) is 5.92 Å². The SMILES string of the molecule is CCC1CCCC(C(N)CN)C1. The molecule has 0 amide bonds. The zero-order chi connectivity index (χ0) is 8.97. The van der Waals surface area contributed by atoms with Crippen LogP contribution in [0, 0.1) is 11.8 Å². The van der Waals surface area contributed by atoms with Crippen molar-refractivity contribution in [3.63, 3.8) is 0 Å². The summed E-state index contributed by atoms with van der Waals surface area (Å²) >= 11 is 0. The van der Waals surface area contributed by atoms with Gasteiger partial charge in [0.1, 0.15) is 0 Å². The number of hydrogen-bond acceptors (Lipinski definition) is 2. The molecule has 2 heteroatoms. The van der Waals surface area contributed by atoms with Gasteiger partial charge >= 0.3 is 0 Å². The summed E-state index contributed by atoms with van der Waals surface area (Å²) in [6, 6.07) is 0.249. The van der Waals surface area contributed by atoms with Crippen molar-refractivity contribution in [3.8, 4) is 0 Å². The van der Waals surface area contributed by atoms with Crippen LogP contribution in [0.15, 0.2) is 0 Å². The van der Waals surface area contributed by atoms with Gasteiger partial charge in [-0.2, -0.15) is 0 Å². The number of nitrogens with two attached hydrogens (primary N) is 2. The van der Waals surface area contributed by atoms with Crippen molar-refractivity contribution >= 4 is 0 Å². The predicted molar refractivity (Wildman–Crippen MR) is 52.8 cm³/mol. The number of hydrogen-bond donors (Lipinski definition) is 2. The summed E-state index contributed by atoms with van der Waals surface area (Å²) in [6.07, 6.45) is 6.69. The summed E-state index contributed by atoms with van der Waals surface area (Å²) in [6.45, 7) is 2.93. The molecule has 2 nitrogen and oxygen atoms in total. The molecule has 0 spiro atoms. The minimum absolute atomic E-state index is 0.249. The Kier molecular flexibility index (Phi) is 4.02. The van der Waals surface area contributed by atoms with Crippen molar-refractivity contribution in [2.75, 3.05) is 6.54 Å². The summed E-state index contributed by atoms with van der Waals surface area (Å²) in [4.78, 5) is 0. The molecule has 4 N–H and O–H groups in total. The molecular weight excluding hydrogens is 148 g/mol. The zero-order valence-electron chi connectivity index (χ0n) is 8.13. The van der Waals surface area contributed by atoms with E-state index in [1.807, 2.05) is 0 Å². The molecular formula is C10H22N2. The summed E-state index contributed by atoms with van der Waals surface area (Å²) in [7, 11) is 0. The number of rotatable bonds is 3. The minimum atomic E-state index is 0.249. The van der Waals surface area contributed by atoms with Crippen LogP contribution in [-0.4, -0.2) is 12.6 Å². The van der Waals surface area contributed by atoms with Gasteiger partial charge in [-0.15, -0.1) is 0 Å². The van der Waals surface area contributed by atoms with Crippen LogP contribution in [0.1, 0.15) is 39.0 Å². The van der Waals surface area contributed by atoms with Gasteiger partial charge in [-0.1, -0.05) is 26.2 Å². The average molecular weight is 170 g/mol. The topological polar surface area (TPSA) is 52.0 Å². The van der Waals surface area contributed by atoms with Gasteiger partial charge < -0.3 is 11.5 Å². The summed E-state index contributed by atoms with van der Waals surface area (Å²) in [5.41, 5.74) is 11.5. The van der Waals surface area contributed by atoms with Crippen molar-refractivity contribution in [3.05, 3.63) is 0 Å². The normalized spacial score (nSPS) is 33.2. The maximum Gasteiger partial charge on any atom is 0.0191 e. The Bertz CT molecular complexity index is 123. The molecule has 3 unspecified atom stereocenters. The van der Waals surface area contributed by atoms with Crippen molar-refractivity contribution in [1.82, 2.24) is 0 Å². The van der Waals surface area contributed by atoms with Crippen LogP contribution in [0.4, 0.5) is 0 Å². The van der Waals surface area contributed by atoms with Gasteiger partial charge in [0, 0.05) is 12.6 Å². The van der Waals surface area contributed by atoms with Crippen molar-refractivity contribution in [2.45, 2.75) is 45.1 Å². The summed E-state index contributed by atoms with van der Waals surface area (Å²) in [5.74, 6) is 1.62. The first kappa shape index (κ1) is 10.0. The first-order valence-corrected chi connectivity index (χ1v) is 5.23. The van der Waals surface area contributed by atoms with E-state index in [-0.39, 0.29) is 6.04 Å². The maximum absolute atomic E-state index is 5.94. The summed E-state index contributed by atoms with van der Waals surface area (Å²) < 4.78 is 0. The van der Waals surface area contributed by atoms with Gasteiger partial charge in [0.2, 0.25) is 0 Å². The van der Waals surface area contributed by atoms with Crippen LogP contribution < -0.4 is 11.5 Å². The van der Waals surface area contributed by atoms with E-state index in [9.17, 15) is 0 Å². The van der Waals surface area contributed by atoms with Crippen LogP contribution >= 0.6 is 0 Å². The molecule has 1 rings (SSSR count). The second-order valence-corrected chi connectivity index (χ2v) is 4.10. The van der Waals surface area contributed by atoms with E-state index < -0.39 is 0 Å². The van der Waals surface area contributed by atoms with Crippen molar-refractivity contribution in [2.24, 2.45) is 23.3 Å². The molecule has 12 heavy (non-hydrogen) atoms. The molecule has 0 aromatic heterocycles. The molecule has 1 aliphatic carbocycles. The van der Waals surface area contributed by atoms with Crippen LogP contribution in [0.5, 0.6) is 0 Å². The molecule has 0 aromatic carbocycles. The summed E-state index contributed by atoms with van der Waals surface area (Å²) in [5, 5.41) is 0. The second kappa shape index (κ2) is 4.83. The van der Waals surface area contributed by atoms with E-state index in [4.69, 9.17) is 11.5 Å². The average Bonchev–Trinajstić information content (AvgIpc) is 2.17. The highest BCUT2D eigenvalue weighted by atomic mass is 14.7. The maximum atomic E-state index is 5.94. The van der Waals surface area contributed by atoms with E-state index in [2.05, 4.69) is 6.92 Å².